The predicted molar refractivity (Wildman–Crippen MR) is 182 cm³/mol. The predicted octanol–water partition coefficient (Wildman–Crippen LogP) is 5.15. The number of hydrogen-bond donors (Lipinski definition) is 3. The minimum absolute atomic E-state index is 0.0383. The Balaban J connectivity index is 1.26. The number of fused-ring (bicyclic) bond motifs is 1. The van der Waals surface area contributed by atoms with E-state index in [4.69, 9.17) is 19.4 Å². The Labute approximate surface area is 289 Å². The van der Waals surface area contributed by atoms with Crippen molar-refractivity contribution < 1.29 is 33.8 Å². The second-order valence-corrected chi connectivity index (χ2v) is 14.3. The molecule has 0 aromatic carbocycles. The maximum atomic E-state index is 14.3. The largest absolute Gasteiger partial charge is 0.480 e. The van der Waals surface area contributed by atoms with Crippen LogP contribution in [0.25, 0.3) is 21.7 Å². The molecule has 262 valence electrons. The van der Waals surface area contributed by atoms with E-state index in [1.54, 1.807) is 12.3 Å². The molecular formula is C35H44N6O7S. The summed E-state index contributed by atoms with van der Waals surface area (Å²) in [7, 11) is 0. The molecule has 3 aromatic heterocycles. The van der Waals surface area contributed by atoms with Gasteiger partial charge >= 0.3 is 12.1 Å². The van der Waals surface area contributed by atoms with E-state index in [9.17, 15) is 24.3 Å². The lowest BCUT2D eigenvalue weighted by Gasteiger charge is -2.29. The number of likely N-dealkylation sites (tertiary alicyclic amines) is 1. The van der Waals surface area contributed by atoms with Crippen LogP contribution in [-0.4, -0.2) is 85.2 Å². The number of carboxylic acids is 1. The number of hydrogen-bond acceptors (Lipinski definition) is 10. The molecule has 49 heavy (non-hydrogen) atoms. The van der Waals surface area contributed by atoms with Gasteiger partial charge in [-0.25, -0.2) is 14.6 Å². The molecule has 3 N–H and O–H groups in total. The van der Waals surface area contributed by atoms with Crippen molar-refractivity contribution in [2.45, 2.75) is 121 Å². The Bertz CT molecular complexity index is 1670. The maximum Gasteiger partial charge on any atom is 0.408 e. The Morgan fingerprint density at radius 1 is 1.10 bits per heavy atom. The molecule has 14 heteroatoms. The van der Waals surface area contributed by atoms with Gasteiger partial charge in [0.05, 0.1) is 12.1 Å². The third-order valence-corrected chi connectivity index (χ3v) is 10.7. The minimum atomic E-state index is -1.33. The van der Waals surface area contributed by atoms with Crippen LogP contribution in [0, 0.1) is 6.92 Å². The number of carbonyl (C=O) groups excluding carboxylic acids is 3. The number of aromatic nitrogens is 3. The number of nitrogens with zero attached hydrogens (tertiary/aromatic N) is 4. The van der Waals surface area contributed by atoms with Crippen molar-refractivity contribution in [3.8, 4) is 17.4 Å². The summed E-state index contributed by atoms with van der Waals surface area (Å²) in [5.74, 6) is -1.39. The van der Waals surface area contributed by atoms with Crippen LogP contribution in [-0.2, 0) is 19.1 Å². The van der Waals surface area contributed by atoms with Gasteiger partial charge in [-0.15, -0.1) is 11.3 Å². The van der Waals surface area contributed by atoms with E-state index in [0.29, 0.717) is 43.1 Å². The van der Waals surface area contributed by atoms with Gasteiger partial charge in [0.15, 0.2) is 5.82 Å². The van der Waals surface area contributed by atoms with Gasteiger partial charge in [-0.2, -0.15) is 4.98 Å². The number of carbonyl (C=O) groups is 4. The van der Waals surface area contributed by atoms with E-state index in [2.05, 4.69) is 22.5 Å². The van der Waals surface area contributed by atoms with Crippen molar-refractivity contribution in [1.82, 2.24) is 30.5 Å². The Hall–Kier alpha value is -4.33. The summed E-state index contributed by atoms with van der Waals surface area (Å²) >= 11 is 1.44. The third-order valence-electron chi connectivity index (χ3n) is 9.62. The Kier molecular flexibility index (Phi) is 10.6. The first kappa shape index (κ1) is 34.5. The zero-order valence-corrected chi connectivity index (χ0v) is 28.8. The van der Waals surface area contributed by atoms with E-state index in [-0.39, 0.29) is 19.1 Å². The van der Waals surface area contributed by atoms with Crippen LogP contribution in [0.15, 0.2) is 29.8 Å². The highest BCUT2D eigenvalue weighted by atomic mass is 32.1. The number of pyridine rings is 1. The molecular weight excluding hydrogens is 648 g/mol. The molecule has 2 aliphatic carbocycles. The zero-order chi connectivity index (χ0) is 34.5. The van der Waals surface area contributed by atoms with E-state index in [0.717, 1.165) is 60.7 Å². The van der Waals surface area contributed by atoms with Gasteiger partial charge in [0.25, 0.3) is 0 Å². The van der Waals surface area contributed by atoms with Gasteiger partial charge in [-0.05, 0) is 74.9 Å². The lowest BCUT2D eigenvalue weighted by atomic mass is 10.1. The van der Waals surface area contributed by atoms with Crippen molar-refractivity contribution in [1.29, 1.82) is 0 Å². The van der Waals surface area contributed by atoms with Crippen LogP contribution in [0.4, 0.5) is 4.79 Å². The second kappa shape index (κ2) is 15.1. The normalized spacial score (nSPS) is 20.6. The van der Waals surface area contributed by atoms with Gasteiger partial charge in [-0.3, -0.25) is 14.6 Å². The van der Waals surface area contributed by atoms with Gasteiger partial charge in [-0.1, -0.05) is 38.7 Å². The highest BCUT2D eigenvalue weighted by molar-refractivity contribution is 7.17. The van der Waals surface area contributed by atoms with Crippen molar-refractivity contribution >= 4 is 45.4 Å². The molecule has 0 bridgehead atoms. The highest BCUT2D eigenvalue weighted by Crippen LogP contribution is 2.38. The molecule has 1 saturated heterocycles. The average molecular weight is 693 g/mol. The quantitative estimate of drug-likeness (QED) is 0.192. The fourth-order valence-electron chi connectivity index (χ4n) is 6.63. The summed E-state index contributed by atoms with van der Waals surface area (Å²) in [6.07, 6.45) is 8.48. The number of aliphatic carboxylic acids is 1. The number of carboxylic acid groups (broad SMARTS) is 1. The van der Waals surface area contributed by atoms with Crippen LogP contribution < -0.4 is 15.4 Å². The van der Waals surface area contributed by atoms with Crippen LogP contribution >= 0.6 is 11.3 Å². The number of amides is 3. The van der Waals surface area contributed by atoms with Crippen LogP contribution in [0.3, 0.4) is 0 Å². The number of unbranched alkanes of at least 4 members (excludes halogenated alkanes) is 3. The highest BCUT2D eigenvalue weighted by Gasteiger charge is 2.54. The van der Waals surface area contributed by atoms with Crippen molar-refractivity contribution in [2.75, 3.05) is 6.54 Å². The van der Waals surface area contributed by atoms with Gasteiger partial charge in [0, 0.05) is 12.6 Å². The first-order valence-corrected chi connectivity index (χ1v) is 18.2. The first-order valence-electron chi connectivity index (χ1n) is 17.3. The van der Waals surface area contributed by atoms with Crippen molar-refractivity contribution in [3.05, 3.63) is 35.3 Å². The SMILES string of the molecule is CCCCCC[C@H](NC(=O)OC1CCCC1)C(=O)N1C[C@H](Oc2nc(-c3ccccn3)nc3c(C)csc23)C[C@H]1C(=O)NC1(C(=O)O)CC1. The standard InChI is InChI=1S/C35H44N6O7S/c1-3-4-5-6-14-25(37-34(46)48-22-11-7-8-12-22)32(43)41-19-23(18-26(41)30(42)40-35(15-16-35)33(44)45)47-31-28-27(21(2)20-49-28)38-29(39-31)24-13-9-10-17-36-24/h9-10,13,17,20,22-23,25-26H,3-8,11-12,14-16,18-19H2,1-2H3,(H,37,46)(H,40,42)(H,44,45)/t23-,25+,26+/m1/s1. The van der Waals surface area contributed by atoms with Gasteiger partial charge < -0.3 is 30.1 Å². The summed E-state index contributed by atoms with van der Waals surface area (Å²) in [5.41, 5.74) is 0.920. The van der Waals surface area contributed by atoms with E-state index < -0.39 is 47.6 Å². The number of rotatable bonds is 14. The zero-order valence-electron chi connectivity index (χ0n) is 28.0. The molecule has 1 aliphatic heterocycles. The third kappa shape index (κ3) is 7.95. The molecule has 3 aromatic rings. The Morgan fingerprint density at radius 2 is 1.90 bits per heavy atom. The summed E-state index contributed by atoms with van der Waals surface area (Å²) < 4.78 is 12.9. The molecule has 4 heterocycles. The minimum Gasteiger partial charge on any atom is -0.480 e. The maximum absolute atomic E-state index is 14.3. The number of aryl methyl sites for hydroxylation is 1. The lowest BCUT2D eigenvalue weighted by molar-refractivity contribution is -0.145. The van der Waals surface area contributed by atoms with Crippen LogP contribution in [0.2, 0.25) is 0 Å². The Morgan fingerprint density at radius 3 is 2.59 bits per heavy atom. The molecule has 3 fully saturated rings. The van der Waals surface area contributed by atoms with Crippen LogP contribution in [0.5, 0.6) is 5.88 Å². The van der Waals surface area contributed by atoms with E-state index in [1.165, 1.54) is 16.2 Å². The summed E-state index contributed by atoms with van der Waals surface area (Å²) in [4.78, 5) is 68.4. The molecule has 3 amide bonds. The second-order valence-electron chi connectivity index (χ2n) is 13.4. The van der Waals surface area contributed by atoms with E-state index >= 15 is 0 Å². The number of thiophene rings is 1. The summed E-state index contributed by atoms with van der Waals surface area (Å²) in [6.45, 7) is 4.09. The van der Waals surface area contributed by atoms with Crippen LogP contribution in [0.1, 0.15) is 89.5 Å². The fourth-order valence-corrected chi connectivity index (χ4v) is 7.55. The first-order chi connectivity index (χ1) is 23.7. The smallest absolute Gasteiger partial charge is 0.408 e. The monoisotopic (exact) mass is 692 g/mol. The topological polar surface area (TPSA) is 173 Å². The summed E-state index contributed by atoms with van der Waals surface area (Å²) in [5, 5.41) is 17.3. The van der Waals surface area contributed by atoms with Crippen molar-refractivity contribution in [3.63, 3.8) is 0 Å². The number of alkyl carbamates (subject to hydrolysis) is 1. The molecule has 3 aliphatic rings. The molecule has 6 rings (SSSR count). The molecule has 2 saturated carbocycles. The number of ether oxygens (including phenoxy) is 2. The van der Waals surface area contributed by atoms with Gasteiger partial charge in [0.2, 0.25) is 17.7 Å². The van der Waals surface area contributed by atoms with E-state index in [1.807, 2.05) is 24.4 Å². The molecule has 0 unspecified atom stereocenters. The van der Waals surface area contributed by atoms with Gasteiger partial charge in [0.1, 0.15) is 40.2 Å². The lowest BCUT2D eigenvalue weighted by Crippen LogP contribution is -2.56. The summed E-state index contributed by atoms with van der Waals surface area (Å²) in [6, 6.07) is 3.53. The molecule has 0 radical (unpaired) electrons. The van der Waals surface area contributed by atoms with Crippen molar-refractivity contribution in [2.24, 2.45) is 0 Å². The fraction of sp³-hybridized carbons (Fsp3) is 0.571. The molecule has 13 nitrogen and oxygen atoms in total. The average Bonchev–Trinajstić information content (AvgIpc) is 3.38. The molecule has 3 atom stereocenters. The molecule has 0 spiro atoms. The number of nitrogens with one attached hydrogen (secondary N) is 2.